The number of nitrogens with zero attached hydrogens (tertiary/aromatic N) is 3. The van der Waals surface area contributed by atoms with E-state index in [-0.39, 0.29) is 24.9 Å². The van der Waals surface area contributed by atoms with Gasteiger partial charge in [0.1, 0.15) is 23.4 Å². The van der Waals surface area contributed by atoms with Crippen LogP contribution >= 0.6 is 15.9 Å². The topological polar surface area (TPSA) is 121 Å². The number of methoxy groups -OCH3 is 1. The summed E-state index contributed by atoms with van der Waals surface area (Å²) in [7, 11) is 3.32. The Balaban J connectivity index is 1.42. The number of carbonyl (C=O) groups is 3. The van der Waals surface area contributed by atoms with Crippen LogP contribution in [0.15, 0.2) is 41.0 Å². The number of aliphatic carboxylic acids is 1. The highest BCUT2D eigenvalue weighted by Crippen LogP contribution is 2.45. The van der Waals surface area contributed by atoms with Crippen molar-refractivity contribution in [2.24, 2.45) is 5.92 Å². The molecule has 2 aromatic rings. The van der Waals surface area contributed by atoms with Gasteiger partial charge >= 0.3 is 12.0 Å². The summed E-state index contributed by atoms with van der Waals surface area (Å²) in [6, 6.07) is 4.38. The van der Waals surface area contributed by atoms with E-state index in [4.69, 9.17) is 9.47 Å². The number of hydrogen-bond donors (Lipinski definition) is 2. The fraction of sp³-hybridized carbons (Fsp3) is 0.481. The Morgan fingerprint density at radius 1 is 1.24 bits per heavy atom. The molecule has 5 rings (SSSR count). The zero-order valence-corrected chi connectivity index (χ0v) is 22.9. The van der Waals surface area contributed by atoms with Crippen molar-refractivity contribution in [3.63, 3.8) is 0 Å². The minimum Gasteiger partial charge on any atom is -0.496 e. The number of ether oxygens (including phenoxy) is 2. The van der Waals surface area contributed by atoms with Gasteiger partial charge in [-0.15, -0.1) is 0 Å². The summed E-state index contributed by atoms with van der Waals surface area (Å²) in [5, 5.41) is 14.3. The monoisotopic (exact) mass is 586 g/mol. The molecular weight excluding hydrogens is 556 g/mol. The normalized spacial score (nSPS) is 28.7. The van der Waals surface area contributed by atoms with Gasteiger partial charge in [-0.05, 0) is 59.8 Å². The first-order valence-electron chi connectivity index (χ1n) is 12.8. The van der Waals surface area contributed by atoms with Crippen molar-refractivity contribution in [2.45, 2.75) is 49.8 Å². The molecule has 3 aliphatic rings. The summed E-state index contributed by atoms with van der Waals surface area (Å²) < 4.78 is 12.5. The number of aromatic nitrogens is 1. The third-order valence-electron chi connectivity index (χ3n) is 7.67. The van der Waals surface area contributed by atoms with Crippen LogP contribution < -0.4 is 14.8 Å². The minimum absolute atomic E-state index is 0.181. The summed E-state index contributed by atoms with van der Waals surface area (Å²) in [5.74, 6) is -0.738. The summed E-state index contributed by atoms with van der Waals surface area (Å²) in [6.45, 7) is 0.742. The molecule has 0 bridgehead atoms. The van der Waals surface area contributed by atoms with Gasteiger partial charge in [0.15, 0.2) is 0 Å². The maximum absolute atomic E-state index is 13.5. The largest absolute Gasteiger partial charge is 0.496 e. The Labute approximate surface area is 229 Å². The molecule has 11 heteroatoms. The lowest BCUT2D eigenvalue weighted by atomic mass is 10.1. The van der Waals surface area contributed by atoms with Crippen LogP contribution in [0.5, 0.6) is 11.6 Å². The van der Waals surface area contributed by atoms with Crippen molar-refractivity contribution >= 4 is 44.6 Å². The maximum Gasteiger partial charge on any atom is 0.330 e. The molecule has 2 fully saturated rings. The molecule has 2 aliphatic heterocycles. The van der Waals surface area contributed by atoms with Crippen LogP contribution in [-0.4, -0.2) is 82.7 Å². The Morgan fingerprint density at radius 3 is 2.82 bits per heavy atom. The number of amides is 3. The van der Waals surface area contributed by atoms with Crippen LogP contribution in [0.1, 0.15) is 32.1 Å². The molecule has 202 valence electrons. The van der Waals surface area contributed by atoms with E-state index in [1.165, 1.54) is 4.90 Å². The van der Waals surface area contributed by atoms with Gasteiger partial charge in [0, 0.05) is 42.9 Å². The van der Waals surface area contributed by atoms with Crippen LogP contribution in [0, 0.1) is 5.92 Å². The van der Waals surface area contributed by atoms with E-state index in [1.807, 2.05) is 30.4 Å². The predicted molar refractivity (Wildman–Crippen MR) is 143 cm³/mol. The van der Waals surface area contributed by atoms with E-state index in [0.717, 1.165) is 34.5 Å². The number of carbonyl (C=O) groups excluding carboxylic acids is 2. The standard InChI is InChI=1S/C27H31BrN4O6/c1-31-12-6-4-3-5-7-16-14-27(16,25(34)35)30-23(33)20-13-17(15-32(20)26(31)36)38-24-19-8-9-21(37-2)22(28)18(19)10-11-29-24/h5,7-11,16-17,20H,3-4,6,12-15H2,1-2H3,(H,30,33)(H,34,35)/b7-5-. The first kappa shape index (κ1) is 26.3. The average molecular weight is 587 g/mol. The molecule has 3 heterocycles. The number of benzene rings is 1. The van der Waals surface area contributed by atoms with Gasteiger partial charge in [0.05, 0.1) is 18.1 Å². The molecule has 4 unspecified atom stereocenters. The molecule has 2 N–H and O–H groups in total. The smallest absolute Gasteiger partial charge is 0.330 e. The Morgan fingerprint density at radius 2 is 2.05 bits per heavy atom. The van der Waals surface area contributed by atoms with Crippen molar-refractivity contribution in [1.29, 1.82) is 0 Å². The highest BCUT2D eigenvalue weighted by molar-refractivity contribution is 9.10. The molecule has 0 spiro atoms. The molecule has 1 aromatic carbocycles. The van der Waals surface area contributed by atoms with Gasteiger partial charge in [0.2, 0.25) is 11.8 Å². The average Bonchev–Trinajstić information content (AvgIpc) is 3.43. The molecular formula is C27H31BrN4O6. The molecule has 0 radical (unpaired) electrons. The quantitative estimate of drug-likeness (QED) is 0.525. The van der Waals surface area contributed by atoms with Crippen molar-refractivity contribution in [3.8, 4) is 11.6 Å². The number of hydrogen-bond acceptors (Lipinski definition) is 6. The zero-order valence-electron chi connectivity index (χ0n) is 21.4. The molecule has 38 heavy (non-hydrogen) atoms. The Bertz CT molecular complexity index is 1300. The van der Waals surface area contributed by atoms with Crippen LogP contribution in [-0.2, 0) is 9.59 Å². The van der Waals surface area contributed by atoms with Crippen LogP contribution in [0.2, 0.25) is 0 Å². The number of allylic oxidation sites excluding steroid dienone is 1. The fourth-order valence-corrected chi connectivity index (χ4v) is 6.02. The highest BCUT2D eigenvalue weighted by Gasteiger charge is 2.61. The molecule has 4 atom stereocenters. The lowest BCUT2D eigenvalue weighted by Gasteiger charge is -2.29. The second-order valence-electron chi connectivity index (χ2n) is 10.1. The van der Waals surface area contributed by atoms with E-state index >= 15 is 0 Å². The zero-order chi connectivity index (χ0) is 27.0. The SMILES string of the molecule is COc1ccc2c(OC3CC4C(=O)NC5(C(=O)O)CC5/C=C\CCCCN(C)C(=O)N4C3)nccc2c1Br. The first-order chi connectivity index (χ1) is 18.2. The number of pyridine rings is 1. The summed E-state index contributed by atoms with van der Waals surface area (Å²) >= 11 is 3.57. The minimum atomic E-state index is -1.33. The second-order valence-corrected chi connectivity index (χ2v) is 10.9. The number of rotatable bonds is 4. The van der Waals surface area contributed by atoms with Gasteiger partial charge in [-0.25, -0.2) is 14.6 Å². The Kier molecular flexibility index (Phi) is 7.21. The Hall–Kier alpha value is -3.34. The maximum atomic E-state index is 13.5. The number of urea groups is 1. The fourth-order valence-electron chi connectivity index (χ4n) is 5.38. The summed E-state index contributed by atoms with van der Waals surface area (Å²) in [6.07, 6.45) is 8.05. The van der Waals surface area contributed by atoms with Crippen LogP contribution in [0.3, 0.4) is 0 Å². The van der Waals surface area contributed by atoms with Crippen molar-refractivity contribution in [1.82, 2.24) is 20.1 Å². The predicted octanol–water partition coefficient (Wildman–Crippen LogP) is 3.58. The van der Waals surface area contributed by atoms with Crippen molar-refractivity contribution in [3.05, 3.63) is 41.0 Å². The van der Waals surface area contributed by atoms with Crippen LogP contribution in [0.25, 0.3) is 10.8 Å². The molecule has 1 saturated heterocycles. The molecule has 3 amide bonds. The van der Waals surface area contributed by atoms with Gasteiger partial charge in [-0.1, -0.05) is 12.2 Å². The molecule has 1 aromatic heterocycles. The molecule has 10 nitrogen and oxygen atoms in total. The lowest BCUT2D eigenvalue weighted by molar-refractivity contribution is -0.144. The van der Waals surface area contributed by atoms with Gasteiger partial charge in [-0.3, -0.25) is 4.79 Å². The number of carboxylic acids is 1. The van der Waals surface area contributed by atoms with E-state index in [2.05, 4.69) is 26.2 Å². The second kappa shape index (κ2) is 10.4. The van der Waals surface area contributed by atoms with E-state index in [0.29, 0.717) is 24.6 Å². The highest BCUT2D eigenvalue weighted by atomic mass is 79.9. The number of halogens is 1. The van der Waals surface area contributed by atoms with Crippen molar-refractivity contribution < 1.29 is 29.0 Å². The van der Waals surface area contributed by atoms with E-state index < -0.39 is 29.6 Å². The van der Waals surface area contributed by atoms with E-state index in [1.54, 1.807) is 25.3 Å². The molecule has 1 aliphatic carbocycles. The van der Waals surface area contributed by atoms with Crippen LogP contribution in [0.4, 0.5) is 4.79 Å². The summed E-state index contributed by atoms with van der Waals surface area (Å²) in [4.78, 5) is 46.6. The number of carboxylic acid groups (broad SMARTS) is 1. The summed E-state index contributed by atoms with van der Waals surface area (Å²) in [5.41, 5.74) is -1.33. The number of nitrogens with one attached hydrogen (secondary N) is 1. The van der Waals surface area contributed by atoms with Crippen molar-refractivity contribution in [2.75, 3.05) is 27.2 Å². The third kappa shape index (κ3) is 4.79. The van der Waals surface area contributed by atoms with E-state index in [9.17, 15) is 19.5 Å². The van der Waals surface area contributed by atoms with Gasteiger partial charge in [-0.2, -0.15) is 0 Å². The first-order valence-corrected chi connectivity index (χ1v) is 13.6. The number of fused-ring (bicyclic) bond motifs is 3. The third-order valence-corrected chi connectivity index (χ3v) is 8.49. The van der Waals surface area contributed by atoms with Gasteiger partial charge in [0.25, 0.3) is 0 Å². The van der Waals surface area contributed by atoms with Gasteiger partial charge < -0.3 is 29.7 Å². The lowest BCUT2D eigenvalue weighted by Crippen LogP contribution is -2.54. The molecule has 1 saturated carbocycles.